The lowest BCUT2D eigenvalue weighted by Crippen LogP contribution is -2.30. The molecule has 0 bridgehead atoms. The molecular formula is C26H31N3O4. The summed E-state index contributed by atoms with van der Waals surface area (Å²) in [7, 11) is 1.56. The molecule has 7 nitrogen and oxygen atoms in total. The number of hydrogen-bond acceptors (Lipinski definition) is 5. The summed E-state index contributed by atoms with van der Waals surface area (Å²) in [6.45, 7) is 4.56. The Balaban J connectivity index is 1.58. The van der Waals surface area contributed by atoms with Crippen molar-refractivity contribution in [3.05, 3.63) is 57.6 Å². The maximum absolute atomic E-state index is 13.2. The molecule has 33 heavy (non-hydrogen) atoms. The van der Waals surface area contributed by atoms with Gasteiger partial charge in [-0.3, -0.25) is 15.0 Å². The molecule has 0 unspecified atom stereocenters. The predicted molar refractivity (Wildman–Crippen MR) is 127 cm³/mol. The Morgan fingerprint density at radius 1 is 1.21 bits per heavy atom. The number of phenolic OH excluding ortho intramolecular Hbond substituents is 1. The van der Waals surface area contributed by atoms with Crippen LogP contribution < -0.4 is 10.1 Å². The van der Waals surface area contributed by atoms with Crippen molar-refractivity contribution in [2.24, 2.45) is 0 Å². The van der Waals surface area contributed by atoms with Crippen LogP contribution in [-0.4, -0.2) is 47.7 Å². The van der Waals surface area contributed by atoms with E-state index in [-0.39, 0.29) is 24.1 Å². The monoisotopic (exact) mass is 449 g/mol. The molecule has 2 aromatic rings. The maximum atomic E-state index is 13.2. The van der Waals surface area contributed by atoms with E-state index < -0.39 is 0 Å². The quantitative estimate of drug-likeness (QED) is 0.552. The Hall–Kier alpha value is -3.35. The van der Waals surface area contributed by atoms with Gasteiger partial charge in [0, 0.05) is 24.7 Å². The Kier molecular flexibility index (Phi) is 6.40. The van der Waals surface area contributed by atoms with Crippen LogP contribution in [0.4, 0.5) is 0 Å². The topological polar surface area (TPSA) is 103 Å². The van der Waals surface area contributed by atoms with Crippen molar-refractivity contribution in [1.29, 1.82) is 5.41 Å². The third-order valence-electron chi connectivity index (χ3n) is 6.69. The zero-order valence-electron chi connectivity index (χ0n) is 19.5. The van der Waals surface area contributed by atoms with Crippen LogP contribution in [0.5, 0.6) is 11.5 Å². The number of aromatic hydroxyl groups is 1. The van der Waals surface area contributed by atoms with Gasteiger partial charge in [0.25, 0.3) is 5.91 Å². The smallest absolute Gasteiger partial charge is 0.254 e. The number of amides is 1. The molecule has 0 radical (unpaired) electrons. The van der Waals surface area contributed by atoms with Gasteiger partial charge >= 0.3 is 0 Å². The molecular weight excluding hydrogens is 418 g/mol. The van der Waals surface area contributed by atoms with E-state index in [4.69, 9.17) is 10.1 Å². The molecule has 0 atom stereocenters. The minimum atomic E-state index is -0.275. The van der Waals surface area contributed by atoms with Gasteiger partial charge in [-0.25, -0.2) is 0 Å². The molecule has 1 fully saturated rings. The zero-order chi connectivity index (χ0) is 23.7. The van der Waals surface area contributed by atoms with Crippen LogP contribution in [0, 0.1) is 12.3 Å². The number of ketones is 1. The van der Waals surface area contributed by atoms with Gasteiger partial charge in [-0.1, -0.05) is 12.8 Å². The van der Waals surface area contributed by atoms with Crippen LogP contribution >= 0.6 is 0 Å². The van der Waals surface area contributed by atoms with Crippen LogP contribution in [0.2, 0.25) is 0 Å². The number of phenols is 1. The number of amidine groups is 1. The number of aryl methyl sites for hydroxylation is 1. The van der Waals surface area contributed by atoms with Gasteiger partial charge in [-0.05, 0) is 73.6 Å². The first-order valence-corrected chi connectivity index (χ1v) is 11.6. The van der Waals surface area contributed by atoms with Crippen LogP contribution in [0.25, 0.3) is 0 Å². The fourth-order valence-corrected chi connectivity index (χ4v) is 4.93. The van der Waals surface area contributed by atoms with E-state index >= 15 is 0 Å². The second-order valence-corrected chi connectivity index (χ2v) is 8.86. The number of ether oxygens (including phenoxy) is 1. The van der Waals surface area contributed by atoms with Gasteiger partial charge in [0.05, 0.1) is 18.7 Å². The second-order valence-electron chi connectivity index (χ2n) is 8.86. The van der Waals surface area contributed by atoms with Crippen molar-refractivity contribution in [2.75, 3.05) is 20.2 Å². The molecule has 7 heteroatoms. The highest BCUT2D eigenvalue weighted by Gasteiger charge is 2.30. The van der Waals surface area contributed by atoms with Gasteiger partial charge in [0.2, 0.25) is 0 Å². The molecule has 1 heterocycles. The van der Waals surface area contributed by atoms with Gasteiger partial charge in [-0.2, -0.15) is 0 Å². The standard InChI is InChI=1S/C26H31N3O4/c1-4-33-23-11-18-13-29(25(27)20(18)12-21(23)26(32)28-3)14-22(30)17-9-15(2)24(31)19(10-17)16-7-5-6-8-16/h9-12,16,27,31H,4-8,13-14H2,1-3H3,(H,28,32). The highest BCUT2D eigenvalue weighted by molar-refractivity contribution is 6.07. The number of carbonyl (C=O) groups excluding carboxylic acids is 2. The maximum Gasteiger partial charge on any atom is 0.254 e. The third kappa shape index (κ3) is 4.32. The number of carbonyl (C=O) groups is 2. The first-order chi connectivity index (χ1) is 15.8. The molecule has 0 spiro atoms. The molecule has 1 saturated carbocycles. The number of Topliss-reactive ketones (excluding diaryl/α,β-unsaturated/α-hetero) is 1. The zero-order valence-corrected chi connectivity index (χ0v) is 19.5. The highest BCUT2D eigenvalue weighted by atomic mass is 16.5. The Labute approximate surface area is 194 Å². The number of nitrogens with one attached hydrogen (secondary N) is 2. The SMILES string of the molecule is CCOc1cc2c(cc1C(=O)NC)C(=N)N(CC(=O)c1cc(C)c(O)c(C3CCCC3)c1)C2. The Morgan fingerprint density at radius 2 is 1.94 bits per heavy atom. The number of nitrogens with zero attached hydrogens (tertiary/aromatic N) is 1. The third-order valence-corrected chi connectivity index (χ3v) is 6.69. The molecule has 1 aliphatic heterocycles. The molecule has 1 amide bonds. The average molecular weight is 450 g/mol. The summed E-state index contributed by atoms with van der Waals surface area (Å²) in [4.78, 5) is 27.2. The lowest BCUT2D eigenvalue weighted by Gasteiger charge is -2.19. The number of benzene rings is 2. The Morgan fingerprint density at radius 3 is 2.61 bits per heavy atom. The normalized spacial score (nSPS) is 15.6. The van der Waals surface area contributed by atoms with Crippen molar-refractivity contribution < 1.29 is 19.4 Å². The molecule has 3 N–H and O–H groups in total. The molecule has 2 aliphatic rings. The average Bonchev–Trinajstić information content (AvgIpc) is 3.43. The summed E-state index contributed by atoms with van der Waals surface area (Å²) in [5, 5.41) is 21.8. The van der Waals surface area contributed by atoms with E-state index in [9.17, 15) is 14.7 Å². The van der Waals surface area contributed by atoms with Crippen LogP contribution in [-0.2, 0) is 6.54 Å². The van der Waals surface area contributed by atoms with E-state index in [1.165, 1.54) is 0 Å². The van der Waals surface area contributed by atoms with Crippen LogP contribution in [0.15, 0.2) is 24.3 Å². The highest BCUT2D eigenvalue weighted by Crippen LogP contribution is 2.40. The lowest BCUT2D eigenvalue weighted by atomic mass is 9.91. The predicted octanol–water partition coefficient (Wildman–Crippen LogP) is 4.14. The van der Waals surface area contributed by atoms with Crippen molar-refractivity contribution >= 4 is 17.5 Å². The van der Waals surface area contributed by atoms with E-state index in [0.717, 1.165) is 36.8 Å². The van der Waals surface area contributed by atoms with Crippen LogP contribution in [0.3, 0.4) is 0 Å². The molecule has 1 aliphatic carbocycles. The molecule has 4 rings (SSSR count). The molecule has 174 valence electrons. The lowest BCUT2D eigenvalue weighted by molar-refractivity contribution is 0.0953. The largest absolute Gasteiger partial charge is 0.507 e. The van der Waals surface area contributed by atoms with Gasteiger partial charge < -0.3 is 20.1 Å². The number of rotatable bonds is 7. The van der Waals surface area contributed by atoms with E-state index in [1.54, 1.807) is 30.1 Å². The molecule has 0 saturated heterocycles. The summed E-state index contributed by atoms with van der Waals surface area (Å²) in [6.07, 6.45) is 4.36. The first kappa shape index (κ1) is 22.8. The van der Waals surface area contributed by atoms with Crippen LogP contribution in [0.1, 0.15) is 81.5 Å². The Bertz CT molecular complexity index is 1120. The summed E-state index contributed by atoms with van der Waals surface area (Å²) < 4.78 is 5.65. The summed E-state index contributed by atoms with van der Waals surface area (Å²) in [6, 6.07) is 7.05. The minimum Gasteiger partial charge on any atom is -0.507 e. The van der Waals surface area contributed by atoms with E-state index in [0.29, 0.717) is 52.8 Å². The van der Waals surface area contributed by atoms with Crippen molar-refractivity contribution in [3.63, 3.8) is 0 Å². The fourth-order valence-electron chi connectivity index (χ4n) is 4.93. The van der Waals surface area contributed by atoms with Crippen molar-refractivity contribution in [3.8, 4) is 11.5 Å². The van der Waals surface area contributed by atoms with Gasteiger partial charge in [0.15, 0.2) is 5.78 Å². The van der Waals surface area contributed by atoms with Crippen molar-refractivity contribution in [1.82, 2.24) is 10.2 Å². The number of hydrogen-bond donors (Lipinski definition) is 3. The van der Waals surface area contributed by atoms with E-state index in [2.05, 4.69) is 5.32 Å². The molecule has 0 aromatic heterocycles. The summed E-state index contributed by atoms with van der Waals surface area (Å²) in [5.41, 5.74) is 4.02. The fraction of sp³-hybridized carbons (Fsp3) is 0.423. The second kappa shape index (κ2) is 9.25. The summed E-state index contributed by atoms with van der Waals surface area (Å²) in [5.74, 6) is 0.926. The molecule has 2 aromatic carbocycles. The minimum absolute atomic E-state index is 0.0567. The summed E-state index contributed by atoms with van der Waals surface area (Å²) >= 11 is 0. The van der Waals surface area contributed by atoms with Crippen molar-refractivity contribution in [2.45, 2.75) is 52.0 Å². The van der Waals surface area contributed by atoms with E-state index in [1.807, 2.05) is 19.9 Å². The van der Waals surface area contributed by atoms with Gasteiger partial charge in [0.1, 0.15) is 17.3 Å². The van der Waals surface area contributed by atoms with Gasteiger partial charge in [-0.15, -0.1) is 0 Å². The first-order valence-electron chi connectivity index (χ1n) is 11.6. The number of fused-ring (bicyclic) bond motifs is 1.